The molecule has 1 aliphatic carbocycles. The molecule has 1 rings (SSSR count). The Kier molecular flexibility index (Phi) is 5.74. The van der Waals surface area contributed by atoms with Gasteiger partial charge in [0.1, 0.15) is 0 Å². The third kappa shape index (κ3) is 3.82. The van der Waals surface area contributed by atoms with Crippen LogP contribution >= 0.6 is 0 Å². The van der Waals surface area contributed by atoms with Crippen molar-refractivity contribution in [2.45, 2.75) is 39.7 Å². The predicted molar refractivity (Wildman–Crippen MR) is 78.3 cm³/mol. The lowest BCUT2D eigenvalue weighted by molar-refractivity contribution is -0.150. The van der Waals surface area contributed by atoms with E-state index in [1.54, 1.807) is 6.08 Å². The number of hydrogen-bond donors (Lipinski definition) is 3. The SMILES string of the molecule is C=CCNCC(=O)NC1CCC(C(=O)O)C(C)(C)C1C. The maximum absolute atomic E-state index is 11.8. The fraction of sp³-hybridized carbons (Fsp3) is 0.733. The van der Waals surface area contributed by atoms with Gasteiger partial charge in [-0.3, -0.25) is 9.59 Å². The Morgan fingerprint density at radius 1 is 1.40 bits per heavy atom. The van der Waals surface area contributed by atoms with Crippen molar-refractivity contribution in [2.24, 2.45) is 17.3 Å². The van der Waals surface area contributed by atoms with Gasteiger partial charge in [0.15, 0.2) is 0 Å². The molecule has 0 aromatic heterocycles. The molecule has 1 amide bonds. The largest absolute Gasteiger partial charge is 0.481 e. The molecule has 114 valence electrons. The second-order valence-corrected chi connectivity index (χ2v) is 6.17. The van der Waals surface area contributed by atoms with Crippen LogP contribution in [0.5, 0.6) is 0 Å². The van der Waals surface area contributed by atoms with Crippen LogP contribution in [0, 0.1) is 17.3 Å². The zero-order chi connectivity index (χ0) is 15.3. The summed E-state index contributed by atoms with van der Waals surface area (Å²) in [5.41, 5.74) is -0.323. The fourth-order valence-electron chi connectivity index (χ4n) is 2.99. The number of carboxylic acid groups (broad SMARTS) is 1. The van der Waals surface area contributed by atoms with Crippen LogP contribution in [0.25, 0.3) is 0 Å². The molecular weight excluding hydrogens is 256 g/mol. The highest BCUT2D eigenvalue weighted by Crippen LogP contribution is 2.44. The highest BCUT2D eigenvalue weighted by Gasteiger charge is 2.46. The summed E-state index contributed by atoms with van der Waals surface area (Å²) in [7, 11) is 0. The lowest BCUT2D eigenvalue weighted by Gasteiger charge is -2.46. The number of carbonyl (C=O) groups excluding carboxylic acids is 1. The van der Waals surface area contributed by atoms with Crippen LogP contribution in [0.15, 0.2) is 12.7 Å². The van der Waals surface area contributed by atoms with Gasteiger partial charge in [0, 0.05) is 12.6 Å². The van der Waals surface area contributed by atoms with Gasteiger partial charge in [-0.2, -0.15) is 0 Å². The van der Waals surface area contributed by atoms with Gasteiger partial charge in [-0.1, -0.05) is 26.8 Å². The minimum absolute atomic E-state index is 0.0404. The van der Waals surface area contributed by atoms with Crippen molar-refractivity contribution >= 4 is 11.9 Å². The monoisotopic (exact) mass is 282 g/mol. The molecule has 20 heavy (non-hydrogen) atoms. The Hall–Kier alpha value is -1.36. The van der Waals surface area contributed by atoms with Crippen LogP contribution in [-0.2, 0) is 9.59 Å². The molecule has 0 bridgehead atoms. The molecule has 0 saturated heterocycles. The molecular formula is C15H26N2O3. The first kappa shape index (κ1) is 16.7. The number of nitrogens with one attached hydrogen (secondary N) is 2. The summed E-state index contributed by atoms with van der Waals surface area (Å²) in [6, 6.07) is 0.0404. The second-order valence-electron chi connectivity index (χ2n) is 6.17. The van der Waals surface area contributed by atoms with E-state index in [2.05, 4.69) is 17.2 Å². The fourth-order valence-corrected chi connectivity index (χ4v) is 2.99. The van der Waals surface area contributed by atoms with Gasteiger partial charge < -0.3 is 15.7 Å². The lowest BCUT2D eigenvalue weighted by Crippen LogP contribution is -2.53. The van der Waals surface area contributed by atoms with Crippen LogP contribution in [0.4, 0.5) is 0 Å². The Labute approximate surface area is 120 Å². The van der Waals surface area contributed by atoms with E-state index in [0.717, 1.165) is 6.42 Å². The second kappa shape index (κ2) is 6.88. The van der Waals surface area contributed by atoms with Crippen molar-refractivity contribution in [1.29, 1.82) is 0 Å². The minimum atomic E-state index is -0.737. The van der Waals surface area contributed by atoms with Crippen molar-refractivity contribution in [3.8, 4) is 0 Å². The molecule has 3 atom stereocenters. The average Bonchev–Trinajstić information content (AvgIpc) is 2.35. The first-order valence-electron chi connectivity index (χ1n) is 7.14. The molecule has 1 fully saturated rings. The van der Waals surface area contributed by atoms with Crippen molar-refractivity contribution in [3.05, 3.63) is 12.7 Å². The Balaban J connectivity index is 2.59. The van der Waals surface area contributed by atoms with Gasteiger partial charge in [0.25, 0.3) is 0 Å². The van der Waals surface area contributed by atoms with E-state index < -0.39 is 5.97 Å². The third-order valence-electron chi connectivity index (χ3n) is 4.66. The van der Waals surface area contributed by atoms with Gasteiger partial charge in [0.05, 0.1) is 12.5 Å². The lowest BCUT2D eigenvalue weighted by atomic mass is 9.61. The van der Waals surface area contributed by atoms with Gasteiger partial charge in [0.2, 0.25) is 5.91 Å². The zero-order valence-corrected chi connectivity index (χ0v) is 12.6. The molecule has 0 radical (unpaired) electrons. The molecule has 5 heteroatoms. The van der Waals surface area contributed by atoms with Crippen molar-refractivity contribution < 1.29 is 14.7 Å². The summed E-state index contributed by atoms with van der Waals surface area (Å²) in [5, 5.41) is 15.3. The maximum Gasteiger partial charge on any atom is 0.307 e. The van der Waals surface area contributed by atoms with E-state index >= 15 is 0 Å². The molecule has 0 aromatic carbocycles. The van der Waals surface area contributed by atoms with E-state index in [9.17, 15) is 14.7 Å². The van der Waals surface area contributed by atoms with Crippen LogP contribution in [0.2, 0.25) is 0 Å². The standard InChI is InChI=1S/C15H26N2O3/c1-5-8-16-9-13(18)17-12-7-6-11(14(19)20)15(3,4)10(12)2/h5,10-12,16H,1,6-9H2,2-4H3,(H,17,18)(H,19,20). The number of carboxylic acids is 1. The van der Waals surface area contributed by atoms with E-state index in [1.807, 2.05) is 20.8 Å². The van der Waals surface area contributed by atoms with Crippen LogP contribution in [0.3, 0.4) is 0 Å². The third-order valence-corrected chi connectivity index (χ3v) is 4.66. The van der Waals surface area contributed by atoms with Gasteiger partial charge >= 0.3 is 5.97 Å². The molecule has 0 spiro atoms. The topological polar surface area (TPSA) is 78.4 Å². The number of amides is 1. The maximum atomic E-state index is 11.8. The van der Waals surface area contributed by atoms with Gasteiger partial charge in [-0.25, -0.2) is 0 Å². The number of aliphatic carboxylic acids is 1. The van der Waals surface area contributed by atoms with Crippen LogP contribution in [-0.4, -0.2) is 36.1 Å². The van der Waals surface area contributed by atoms with Crippen molar-refractivity contribution in [1.82, 2.24) is 10.6 Å². The highest BCUT2D eigenvalue weighted by atomic mass is 16.4. The van der Waals surface area contributed by atoms with E-state index in [-0.39, 0.29) is 35.7 Å². The van der Waals surface area contributed by atoms with Gasteiger partial charge in [-0.05, 0) is 24.2 Å². The summed E-state index contributed by atoms with van der Waals surface area (Å²) in [4.78, 5) is 23.1. The number of carbonyl (C=O) groups is 2. The molecule has 0 aromatic rings. The molecule has 1 saturated carbocycles. The summed E-state index contributed by atoms with van der Waals surface area (Å²) in [5.74, 6) is -1.00. The van der Waals surface area contributed by atoms with E-state index in [4.69, 9.17) is 0 Å². The Morgan fingerprint density at radius 3 is 2.60 bits per heavy atom. The molecule has 3 unspecified atom stereocenters. The van der Waals surface area contributed by atoms with Crippen LogP contribution in [0.1, 0.15) is 33.6 Å². The predicted octanol–water partition coefficient (Wildman–Crippen LogP) is 1.40. The molecule has 3 N–H and O–H groups in total. The summed E-state index contributed by atoms with van der Waals surface area (Å²) < 4.78 is 0. The van der Waals surface area contributed by atoms with Gasteiger partial charge in [-0.15, -0.1) is 6.58 Å². The molecule has 1 aliphatic rings. The van der Waals surface area contributed by atoms with Crippen molar-refractivity contribution in [2.75, 3.05) is 13.1 Å². The minimum Gasteiger partial charge on any atom is -0.481 e. The zero-order valence-electron chi connectivity index (χ0n) is 12.6. The smallest absolute Gasteiger partial charge is 0.307 e. The normalized spacial score (nSPS) is 28.6. The Morgan fingerprint density at radius 2 is 2.05 bits per heavy atom. The summed E-state index contributed by atoms with van der Waals surface area (Å²) in [6.45, 7) is 10.4. The van der Waals surface area contributed by atoms with E-state index in [0.29, 0.717) is 13.0 Å². The molecule has 0 heterocycles. The van der Waals surface area contributed by atoms with Crippen molar-refractivity contribution in [3.63, 3.8) is 0 Å². The van der Waals surface area contributed by atoms with E-state index in [1.165, 1.54) is 0 Å². The Bertz CT molecular complexity index is 379. The molecule has 0 aliphatic heterocycles. The quantitative estimate of drug-likeness (QED) is 0.508. The van der Waals surface area contributed by atoms with Crippen LogP contribution < -0.4 is 10.6 Å². The number of hydrogen-bond acceptors (Lipinski definition) is 3. The highest BCUT2D eigenvalue weighted by molar-refractivity contribution is 5.78. The number of rotatable bonds is 6. The first-order valence-corrected chi connectivity index (χ1v) is 7.14. The molecule has 5 nitrogen and oxygen atoms in total. The summed E-state index contributed by atoms with van der Waals surface area (Å²) in [6.07, 6.45) is 3.03. The summed E-state index contributed by atoms with van der Waals surface area (Å²) >= 11 is 0. The first-order chi connectivity index (χ1) is 9.30. The average molecular weight is 282 g/mol.